The van der Waals surface area contributed by atoms with Gasteiger partial charge in [-0.25, -0.2) is 14.4 Å². The van der Waals surface area contributed by atoms with E-state index in [1.54, 1.807) is 12.1 Å². The van der Waals surface area contributed by atoms with Gasteiger partial charge in [-0.1, -0.05) is 17.7 Å². The Morgan fingerprint density at radius 1 is 1.16 bits per heavy atom. The van der Waals surface area contributed by atoms with E-state index in [4.69, 9.17) is 21.1 Å². The lowest BCUT2D eigenvalue weighted by molar-refractivity contribution is 0.108. The van der Waals surface area contributed by atoms with Crippen LogP contribution in [-0.2, 0) is 0 Å². The fourth-order valence-electron chi connectivity index (χ4n) is 3.61. The molecule has 8 heteroatoms. The molecule has 4 rings (SSSR count). The molecule has 0 bridgehead atoms. The summed E-state index contributed by atoms with van der Waals surface area (Å²) in [6.07, 6.45) is 3.41. The predicted octanol–water partition coefficient (Wildman–Crippen LogP) is 5.43. The van der Waals surface area contributed by atoms with E-state index in [1.807, 2.05) is 26.0 Å². The van der Waals surface area contributed by atoms with Gasteiger partial charge in [0.1, 0.15) is 18.2 Å². The Kier molecular flexibility index (Phi) is 6.43. The van der Waals surface area contributed by atoms with Crippen LogP contribution in [0.15, 0.2) is 36.7 Å². The van der Waals surface area contributed by atoms with Crippen molar-refractivity contribution < 1.29 is 13.9 Å². The van der Waals surface area contributed by atoms with Gasteiger partial charge < -0.3 is 19.7 Å². The molecule has 0 radical (unpaired) electrons. The molecule has 164 valence electrons. The molecule has 0 atom stereocenters. The number of benzene rings is 2. The van der Waals surface area contributed by atoms with Gasteiger partial charge in [0.2, 0.25) is 0 Å². The molecule has 0 aliphatic carbocycles. The van der Waals surface area contributed by atoms with Gasteiger partial charge >= 0.3 is 0 Å². The number of ether oxygens (including phenoxy) is 2. The van der Waals surface area contributed by atoms with Crippen LogP contribution in [0.4, 0.5) is 15.9 Å². The zero-order valence-electron chi connectivity index (χ0n) is 17.9. The van der Waals surface area contributed by atoms with Crippen molar-refractivity contribution in [2.24, 2.45) is 0 Å². The summed E-state index contributed by atoms with van der Waals surface area (Å²) < 4.78 is 26.8. The zero-order valence-corrected chi connectivity index (χ0v) is 18.6. The van der Waals surface area contributed by atoms with Crippen molar-refractivity contribution in [1.82, 2.24) is 14.9 Å². The molecule has 2 aromatic carbocycles. The quantitative estimate of drug-likeness (QED) is 0.547. The fraction of sp³-hybridized carbons (Fsp3) is 0.391. The molecular weight excluding hydrogens is 419 g/mol. The van der Waals surface area contributed by atoms with Crippen molar-refractivity contribution in [2.45, 2.75) is 38.9 Å². The van der Waals surface area contributed by atoms with Crippen LogP contribution in [0.1, 0.15) is 26.7 Å². The van der Waals surface area contributed by atoms with Gasteiger partial charge in [0.15, 0.2) is 17.3 Å². The average Bonchev–Trinajstić information content (AvgIpc) is 2.73. The highest BCUT2D eigenvalue weighted by molar-refractivity contribution is 6.31. The van der Waals surface area contributed by atoms with Crippen LogP contribution < -0.4 is 14.8 Å². The van der Waals surface area contributed by atoms with Gasteiger partial charge in [-0.3, -0.25) is 0 Å². The minimum Gasteiger partial charge on any atom is -0.487 e. The molecule has 3 aromatic rings. The number of fused-ring (bicyclic) bond motifs is 1. The summed E-state index contributed by atoms with van der Waals surface area (Å²) in [5.41, 5.74) is 0.916. The summed E-state index contributed by atoms with van der Waals surface area (Å²) in [4.78, 5) is 11.0. The monoisotopic (exact) mass is 444 g/mol. The third-order valence-electron chi connectivity index (χ3n) is 5.23. The van der Waals surface area contributed by atoms with E-state index < -0.39 is 5.82 Å². The van der Waals surface area contributed by atoms with Gasteiger partial charge in [-0.15, -0.1) is 0 Å². The first-order valence-corrected chi connectivity index (χ1v) is 10.8. The average molecular weight is 445 g/mol. The number of halogens is 2. The first-order valence-electron chi connectivity index (χ1n) is 10.4. The summed E-state index contributed by atoms with van der Waals surface area (Å²) >= 11 is 5.92. The Balaban J connectivity index is 1.72. The maximum absolute atomic E-state index is 14.4. The van der Waals surface area contributed by atoms with E-state index in [-0.39, 0.29) is 22.9 Å². The van der Waals surface area contributed by atoms with E-state index in [0.717, 1.165) is 25.9 Å². The second-order valence-corrected chi connectivity index (χ2v) is 8.46. The lowest BCUT2D eigenvalue weighted by atomic mass is 10.1. The molecule has 1 fully saturated rings. The van der Waals surface area contributed by atoms with Gasteiger partial charge in [0.25, 0.3) is 0 Å². The van der Waals surface area contributed by atoms with Crippen molar-refractivity contribution in [1.29, 1.82) is 0 Å². The first-order chi connectivity index (χ1) is 14.9. The number of likely N-dealkylation sites (tertiary alicyclic amines) is 1. The van der Waals surface area contributed by atoms with Crippen molar-refractivity contribution in [3.8, 4) is 11.5 Å². The summed E-state index contributed by atoms with van der Waals surface area (Å²) in [5.74, 6) is 1.22. The summed E-state index contributed by atoms with van der Waals surface area (Å²) in [7, 11) is 2.11. The standard InChI is InChI=1S/C23H26ClFN4O2/c1-14(2)30-21-12-19-16(11-20(21)31-15-7-9-29(3)10-8-15)23(27-13-26-19)28-18-6-4-5-17(24)22(18)25/h4-6,11-15H,7-10H2,1-3H3,(H,26,27,28). The predicted molar refractivity (Wildman–Crippen MR) is 121 cm³/mol. The number of hydrogen-bond acceptors (Lipinski definition) is 6. The summed E-state index contributed by atoms with van der Waals surface area (Å²) in [6, 6.07) is 8.52. The maximum Gasteiger partial charge on any atom is 0.165 e. The SMILES string of the molecule is CC(C)Oc1cc2ncnc(Nc3cccc(Cl)c3F)c2cc1OC1CCN(C)CC1. The summed E-state index contributed by atoms with van der Waals surface area (Å²) in [6.45, 7) is 5.92. The van der Waals surface area contributed by atoms with E-state index in [2.05, 4.69) is 27.2 Å². The minimum absolute atomic E-state index is 0.0164. The van der Waals surface area contributed by atoms with Crippen molar-refractivity contribution in [3.63, 3.8) is 0 Å². The lowest BCUT2D eigenvalue weighted by Crippen LogP contribution is -2.35. The fourth-order valence-corrected chi connectivity index (χ4v) is 3.79. The van der Waals surface area contributed by atoms with Crippen LogP contribution >= 0.6 is 11.6 Å². The molecule has 1 saturated heterocycles. The minimum atomic E-state index is -0.529. The number of aromatic nitrogens is 2. The molecule has 0 amide bonds. The molecule has 0 unspecified atom stereocenters. The molecule has 1 aliphatic rings. The Morgan fingerprint density at radius 2 is 1.94 bits per heavy atom. The normalized spacial score (nSPS) is 15.4. The molecule has 1 N–H and O–H groups in total. The molecule has 6 nitrogen and oxygen atoms in total. The highest BCUT2D eigenvalue weighted by atomic mass is 35.5. The maximum atomic E-state index is 14.4. The Bertz CT molecular complexity index is 1070. The molecule has 2 heterocycles. The van der Waals surface area contributed by atoms with Crippen LogP contribution in [0.3, 0.4) is 0 Å². The van der Waals surface area contributed by atoms with Crippen LogP contribution in [0, 0.1) is 5.82 Å². The number of rotatable bonds is 6. The molecule has 0 saturated carbocycles. The largest absolute Gasteiger partial charge is 0.487 e. The van der Waals surface area contributed by atoms with Gasteiger partial charge in [-0.2, -0.15) is 0 Å². The number of nitrogens with zero attached hydrogens (tertiary/aromatic N) is 3. The van der Waals surface area contributed by atoms with E-state index in [1.165, 1.54) is 12.4 Å². The number of piperidine rings is 1. The lowest BCUT2D eigenvalue weighted by Gasteiger charge is -2.30. The van der Waals surface area contributed by atoms with Crippen LogP contribution in [0.2, 0.25) is 5.02 Å². The van der Waals surface area contributed by atoms with Crippen LogP contribution in [-0.4, -0.2) is 47.2 Å². The highest BCUT2D eigenvalue weighted by Gasteiger charge is 2.21. The third-order valence-corrected chi connectivity index (χ3v) is 5.52. The topological polar surface area (TPSA) is 59.5 Å². The van der Waals surface area contributed by atoms with E-state index in [9.17, 15) is 4.39 Å². The number of hydrogen-bond donors (Lipinski definition) is 1. The molecule has 0 spiro atoms. The van der Waals surface area contributed by atoms with Crippen LogP contribution in [0.25, 0.3) is 10.9 Å². The smallest absolute Gasteiger partial charge is 0.165 e. The zero-order chi connectivity index (χ0) is 22.0. The number of nitrogens with one attached hydrogen (secondary N) is 1. The Morgan fingerprint density at radius 3 is 2.68 bits per heavy atom. The second-order valence-electron chi connectivity index (χ2n) is 8.05. The highest BCUT2D eigenvalue weighted by Crippen LogP contribution is 2.37. The van der Waals surface area contributed by atoms with Crippen molar-refractivity contribution in [3.05, 3.63) is 47.5 Å². The van der Waals surface area contributed by atoms with Gasteiger partial charge in [0, 0.05) is 24.5 Å². The third kappa shape index (κ3) is 4.99. The Hall–Kier alpha value is -2.64. The first kappa shape index (κ1) is 21.6. The second kappa shape index (κ2) is 9.24. The van der Waals surface area contributed by atoms with E-state index in [0.29, 0.717) is 28.2 Å². The molecule has 31 heavy (non-hydrogen) atoms. The van der Waals surface area contributed by atoms with Gasteiger partial charge in [0.05, 0.1) is 22.3 Å². The van der Waals surface area contributed by atoms with Crippen molar-refractivity contribution in [2.75, 3.05) is 25.5 Å². The summed E-state index contributed by atoms with van der Waals surface area (Å²) in [5, 5.41) is 3.79. The molecule has 1 aromatic heterocycles. The van der Waals surface area contributed by atoms with Crippen molar-refractivity contribution >= 4 is 34.0 Å². The molecular formula is C23H26ClFN4O2. The van der Waals surface area contributed by atoms with Crippen LogP contribution in [0.5, 0.6) is 11.5 Å². The Labute approximate surface area is 186 Å². The van der Waals surface area contributed by atoms with Gasteiger partial charge in [-0.05, 0) is 51.9 Å². The molecule has 1 aliphatic heterocycles. The number of anilines is 2. The van der Waals surface area contributed by atoms with E-state index >= 15 is 0 Å².